The van der Waals surface area contributed by atoms with Gasteiger partial charge in [-0.1, -0.05) is 31.5 Å². The van der Waals surface area contributed by atoms with Gasteiger partial charge in [0.25, 0.3) is 0 Å². The van der Waals surface area contributed by atoms with E-state index in [-0.39, 0.29) is 6.61 Å². The van der Waals surface area contributed by atoms with Gasteiger partial charge in [0.2, 0.25) is 0 Å². The maximum atomic E-state index is 9.40. The Morgan fingerprint density at radius 1 is 1.35 bits per heavy atom. The number of aliphatic hydroxyl groups is 1. The molecule has 2 atom stereocenters. The lowest BCUT2D eigenvalue weighted by Crippen LogP contribution is -2.40. The predicted molar refractivity (Wildman–Crippen MR) is 76.1 cm³/mol. The fourth-order valence-corrected chi connectivity index (χ4v) is 3.83. The van der Waals surface area contributed by atoms with Crippen molar-refractivity contribution in [1.82, 2.24) is 0 Å². The number of hydrogen-bond donors (Lipinski definition) is 1. The van der Waals surface area contributed by atoms with E-state index in [0.717, 1.165) is 29.4 Å². The molecule has 1 fully saturated rings. The molecule has 1 N–H and O–H groups in total. The molecule has 0 aromatic heterocycles. The molecule has 1 saturated heterocycles. The summed E-state index contributed by atoms with van der Waals surface area (Å²) in [4.78, 5) is 2.34. The average molecular weight is 272 g/mol. The molecule has 17 heavy (non-hydrogen) atoms. The number of rotatable bonds is 2. The van der Waals surface area contributed by atoms with Crippen molar-refractivity contribution < 1.29 is 5.11 Å². The smallest absolute Gasteiger partial charge is 0.0702 e. The zero-order valence-electron chi connectivity index (χ0n) is 10.2. The molecule has 2 nitrogen and oxygen atoms in total. The minimum Gasteiger partial charge on any atom is -0.392 e. The summed E-state index contributed by atoms with van der Waals surface area (Å²) in [6.45, 7) is 6.59. The molecule has 2 unspecified atom stereocenters. The summed E-state index contributed by atoms with van der Waals surface area (Å²) >= 11 is 8.07. The highest BCUT2D eigenvalue weighted by atomic mass is 35.5. The van der Waals surface area contributed by atoms with Gasteiger partial charge >= 0.3 is 0 Å². The zero-order chi connectivity index (χ0) is 12.4. The second-order valence-electron chi connectivity index (χ2n) is 4.59. The molecule has 1 aliphatic heterocycles. The Bertz CT molecular complexity index is 389. The van der Waals surface area contributed by atoms with Crippen LogP contribution in [0.3, 0.4) is 0 Å². The van der Waals surface area contributed by atoms with Crippen LogP contribution >= 0.6 is 23.4 Å². The third-order valence-electron chi connectivity index (χ3n) is 2.98. The standard InChI is InChI=1S/C13H18ClNOS/c1-9-6-15(7-10(2)17-9)13-5-12(14)4-3-11(13)8-16/h3-5,9-10,16H,6-8H2,1-2H3. The molecule has 2 rings (SSSR count). The molecule has 1 aromatic rings. The molecule has 94 valence electrons. The van der Waals surface area contributed by atoms with Crippen molar-refractivity contribution in [2.45, 2.75) is 31.0 Å². The largest absolute Gasteiger partial charge is 0.392 e. The molecule has 1 heterocycles. The van der Waals surface area contributed by atoms with Crippen LogP contribution in [0.2, 0.25) is 5.02 Å². The van der Waals surface area contributed by atoms with Crippen LogP contribution in [0.5, 0.6) is 0 Å². The molecule has 4 heteroatoms. The van der Waals surface area contributed by atoms with Gasteiger partial charge in [0.15, 0.2) is 0 Å². The summed E-state index contributed by atoms with van der Waals surface area (Å²) in [6.07, 6.45) is 0. The Hall–Kier alpha value is -0.380. The molecule has 1 aromatic carbocycles. The van der Waals surface area contributed by atoms with Gasteiger partial charge in [-0.05, 0) is 12.1 Å². The Labute approximate surface area is 112 Å². The van der Waals surface area contributed by atoms with E-state index in [2.05, 4.69) is 18.7 Å². The van der Waals surface area contributed by atoms with E-state index < -0.39 is 0 Å². The lowest BCUT2D eigenvalue weighted by molar-refractivity contribution is 0.282. The van der Waals surface area contributed by atoms with E-state index in [1.807, 2.05) is 30.0 Å². The topological polar surface area (TPSA) is 23.5 Å². The first kappa shape index (κ1) is 13.1. The van der Waals surface area contributed by atoms with E-state index in [4.69, 9.17) is 11.6 Å². The van der Waals surface area contributed by atoms with Gasteiger partial charge in [0.1, 0.15) is 0 Å². The summed E-state index contributed by atoms with van der Waals surface area (Å²) in [7, 11) is 0. The zero-order valence-corrected chi connectivity index (χ0v) is 11.8. The molecule has 0 amide bonds. The fraction of sp³-hybridized carbons (Fsp3) is 0.538. The monoisotopic (exact) mass is 271 g/mol. The first-order chi connectivity index (χ1) is 8.10. The minimum absolute atomic E-state index is 0.0684. The van der Waals surface area contributed by atoms with Gasteiger partial charge < -0.3 is 10.0 Å². The second-order valence-corrected chi connectivity index (χ2v) is 6.91. The molecule has 0 radical (unpaired) electrons. The fourth-order valence-electron chi connectivity index (χ4n) is 2.34. The van der Waals surface area contributed by atoms with Crippen LogP contribution in [0.1, 0.15) is 19.4 Å². The van der Waals surface area contributed by atoms with Crippen molar-refractivity contribution in [3.8, 4) is 0 Å². The second kappa shape index (κ2) is 5.51. The maximum Gasteiger partial charge on any atom is 0.0702 e. The third kappa shape index (κ3) is 3.09. The highest BCUT2D eigenvalue weighted by Gasteiger charge is 2.23. The Morgan fingerprint density at radius 2 is 2.00 bits per heavy atom. The van der Waals surface area contributed by atoms with Crippen molar-refractivity contribution in [2.24, 2.45) is 0 Å². The molecular weight excluding hydrogens is 254 g/mol. The molecule has 0 bridgehead atoms. The highest BCUT2D eigenvalue weighted by Crippen LogP contribution is 2.32. The number of benzene rings is 1. The van der Waals surface area contributed by atoms with Gasteiger partial charge in [0, 0.05) is 39.9 Å². The molecule has 0 spiro atoms. The molecule has 0 saturated carbocycles. The molecule has 0 aliphatic carbocycles. The van der Waals surface area contributed by atoms with Crippen LogP contribution in [0.15, 0.2) is 18.2 Å². The van der Waals surface area contributed by atoms with Crippen molar-refractivity contribution >= 4 is 29.1 Å². The lowest BCUT2D eigenvalue weighted by atomic mass is 10.1. The van der Waals surface area contributed by atoms with Gasteiger partial charge in [-0.3, -0.25) is 0 Å². The number of aliphatic hydroxyl groups excluding tert-OH is 1. The van der Waals surface area contributed by atoms with E-state index in [1.165, 1.54) is 0 Å². The summed E-state index contributed by atoms with van der Waals surface area (Å²) in [5, 5.41) is 11.4. The van der Waals surface area contributed by atoms with Gasteiger partial charge in [-0.25, -0.2) is 0 Å². The molecular formula is C13H18ClNOS. The van der Waals surface area contributed by atoms with Crippen molar-refractivity contribution in [1.29, 1.82) is 0 Å². The predicted octanol–water partition coefficient (Wildman–Crippen LogP) is 3.16. The Morgan fingerprint density at radius 3 is 2.59 bits per heavy atom. The van der Waals surface area contributed by atoms with Gasteiger partial charge in [0.05, 0.1) is 6.61 Å². The Kier molecular flexibility index (Phi) is 4.23. The van der Waals surface area contributed by atoms with Crippen LogP contribution in [0.25, 0.3) is 0 Å². The van der Waals surface area contributed by atoms with Crippen LogP contribution < -0.4 is 4.90 Å². The molecule has 1 aliphatic rings. The summed E-state index contributed by atoms with van der Waals surface area (Å²) < 4.78 is 0. The number of halogens is 1. The van der Waals surface area contributed by atoms with E-state index in [1.54, 1.807) is 0 Å². The first-order valence-electron chi connectivity index (χ1n) is 5.90. The first-order valence-corrected chi connectivity index (χ1v) is 7.22. The van der Waals surface area contributed by atoms with Gasteiger partial charge in [-0.2, -0.15) is 11.8 Å². The third-order valence-corrected chi connectivity index (χ3v) is 4.44. The lowest BCUT2D eigenvalue weighted by Gasteiger charge is -2.37. The number of hydrogen-bond acceptors (Lipinski definition) is 3. The van der Waals surface area contributed by atoms with Crippen molar-refractivity contribution in [2.75, 3.05) is 18.0 Å². The van der Waals surface area contributed by atoms with Gasteiger partial charge in [-0.15, -0.1) is 0 Å². The summed E-state index contributed by atoms with van der Waals surface area (Å²) in [6, 6.07) is 5.71. The van der Waals surface area contributed by atoms with Crippen LogP contribution in [-0.2, 0) is 6.61 Å². The summed E-state index contributed by atoms with van der Waals surface area (Å²) in [5.74, 6) is 0. The van der Waals surface area contributed by atoms with Crippen LogP contribution in [0.4, 0.5) is 5.69 Å². The average Bonchev–Trinajstić information content (AvgIpc) is 2.27. The number of anilines is 1. The maximum absolute atomic E-state index is 9.40. The van der Waals surface area contributed by atoms with Crippen LogP contribution in [0, 0.1) is 0 Å². The minimum atomic E-state index is 0.0684. The SMILES string of the molecule is CC1CN(c2cc(Cl)ccc2CO)CC(C)S1. The number of nitrogens with zero attached hydrogens (tertiary/aromatic N) is 1. The van der Waals surface area contributed by atoms with E-state index >= 15 is 0 Å². The quantitative estimate of drug-likeness (QED) is 0.894. The van der Waals surface area contributed by atoms with Crippen molar-refractivity contribution in [3.63, 3.8) is 0 Å². The number of thioether (sulfide) groups is 1. The van der Waals surface area contributed by atoms with E-state index in [9.17, 15) is 5.11 Å². The van der Waals surface area contributed by atoms with Crippen molar-refractivity contribution in [3.05, 3.63) is 28.8 Å². The van der Waals surface area contributed by atoms with E-state index in [0.29, 0.717) is 10.5 Å². The summed E-state index contributed by atoms with van der Waals surface area (Å²) in [5.41, 5.74) is 2.04. The Balaban J connectivity index is 2.28. The van der Waals surface area contributed by atoms with Crippen LogP contribution in [-0.4, -0.2) is 28.7 Å². The normalized spacial score (nSPS) is 25.1. The highest BCUT2D eigenvalue weighted by molar-refractivity contribution is 8.00.